The van der Waals surface area contributed by atoms with Gasteiger partial charge in [-0.3, -0.25) is 0 Å². The van der Waals surface area contributed by atoms with E-state index in [0.29, 0.717) is 4.90 Å². The van der Waals surface area contributed by atoms with Gasteiger partial charge in [-0.25, -0.2) is 13.6 Å². The van der Waals surface area contributed by atoms with E-state index in [-0.39, 0.29) is 22.8 Å². The second kappa shape index (κ2) is 6.58. The molecule has 2 rings (SSSR count). The molecule has 0 bridgehead atoms. The Balaban J connectivity index is 2.35. The molecule has 6 heteroatoms. The molecule has 0 aromatic heterocycles. The fraction of sp³-hybridized carbons (Fsp3) is 0.133. The van der Waals surface area contributed by atoms with E-state index in [9.17, 15) is 13.6 Å². The summed E-state index contributed by atoms with van der Waals surface area (Å²) in [5.74, 6) is -1.60. The summed E-state index contributed by atoms with van der Waals surface area (Å²) in [7, 11) is 0. The third kappa shape index (κ3) is 3.72. The number of nitrogen functional groups attached to an aromatic ring is 1. The number of esters is 1. The Morgan fingerprint density at radius 2 is 2.05 bits per heavy atom. The number of nitrogens with two attached hydrogens (primary N) is 1. The maximum Gasteiger partial charge on any atom is 0.340 e. The molecule has 0 unspecified atom stereocenters. The standard InChI is InChI=1S/C15H13F2NO2S/c1-2-20-15(19)11-7-14(12(17)8-13(11)18)21-10-5-3-4-9(16)6-10/h3-8H,2,18H2,1H3. The zero-order chi connectivity index (χ0) is 15.4. The van der Waals surface area contributed by atoms with Crippen LogP contribution in [0.25, 0.3) is 0 Å². The minimum atomic E-state index is -0.615. The average Bonchev–Trinajstić information content (AvgIpc) is 2.42. The minimum Gasteiger partial charge on any atom is -0.462 e. The Kier molecular flexibility index (Phi) is 4.80. The molecule has 0 radical (unpaired) electrons. The second-order valence-corrected chi connectivity index (χ2v) is 5.27. The van der Waals surface area contributed by atoms with Gasteiger partial charge in [0.2, 0.25) is 0 Å². The molecule has 110 valence electrons. The van der Waals surface area contributed by atoms with E-state index in [4.69, 9.17) is 10.5 Å². The van der Waals surface area contributed by atoms with Crippen LogP contribution in [0.15, 0.2) is 46.2 Å². The van der Waals surface area contributed by atoms with Crippen molar-refractivity contribution in [3.63, 3.8) is 0 Å². The van der Waals surface area contributed by atoms with Crippen LogP contribution in [0.5, 0.6) is 0 Å². The average molecular weight is 309 g/mol. The Morgan fingerprint density at radius 1 is 1.29 bits per heavy atom. The van der Waals surface area contributed by atoms with Crippen LogP contribution in [0.4, 0.5) is 14.5 Å². The molecule has 2 aromatic rings. The Labute approximate surface area is 125 Å². The van der Waals surface area contributed by atoms with Gasteiger partial charge in [-0.1, -0.05) is 17.8 Å². The van der Waals surface area contributed by atoms with Crippen molar-refractivity contribution in [3.05, 3.63) is 53.6 Å². The fourth-order valence-electron chi connectivity index (χ4n) is 1.69. The predicted molar refractivity (Wildman–Crippen MR) is 77.3 cm³/mol. The Morgan fingerprint density at radius 3 is 2.71 bits per heavy atom. The van der Waals surface area contributed by atoms with Crippen molar-refractivity contribution in [3.8, 4) is 0 Å². The number of ether oxygens (including phenoxy) is 1. The number of hydrogen-bond acceptors (Lipinski definition) is 4. The molecule has 0 saturated heterocycles. The van der Waals surface area contributed by atoms with Crippen molar-refractivity contribution < 1.29 is 18.3 Å². The van der Waals surface area contributed by atoms with E-state index >= 15 is 0 Å². The van der Waals surface area contributed by atoms with Gasteiger partial charge in [0.25, 0.3) is 0 Å². The van der Waals surface area contributed by atoms with E-state index in [0.717, 1.165) is 17.8 Å². The fourth-order valence-corrected chi connectivity index (χ4v) is 2.60. The van der Waals surface area contributed by atoms with Gasteiger partial charge >= 0.3 is 5.97 Å². The van der Waals surface area contributed by atoms with E-state index in [2.05, 4.69) is 0 Å². The summed E-state index contributed by atoms with van der Waals surface area (Å²) in [4.78, 5) is 12.4. The van der Waals surface area contributed by atoms with Crippen LogP contribution in [-0.2, 0) is 4.74 Å². The normalized spacial score (nSPS) is 10.4. The highest BCUT2D eigenvalue weighted by Gasteiger charge is 2.16. The lowest BCUT2D eigenvalue weighted by atomic mass is 10.2. The van der Waals surface area contributed by atoms with E-state index in [1.807, 2.05) is 0 Å². The van der Waals surface area contributed by atoms with Crippen molar-refractivity contribution >= 4 is 23.4 Å². The molecule has 0 heterocycles. The topological polar surface area (TPSA) is 52.3 Å². The van der Waals surface area contributed by atoms with Gasteiger partial charge in [0.1, 0.15) is 11.6 Å². The van der Waals surface area contributed by atoms with E-state index in [1.54, 1.807) is 13.0 Å². The van der Waals surface area contributed by atoms with Crippen molar-refractivity contribution in [2.24, 2.45) is 0 Å². The summed E-state index contributed by atoms with van der Waals surface area (Å²) in [6.45, 7) is 1.86. The predicted octanol–water partition coefficient (Wildman–Crippen LogP) is 3.87. The first-order valence-electron chi connectivity index (χ1n) is 6.20. The quantitative estimate of drug-likeness (QED) is 0.688. The summed E-state index contributed by atoms with van der Waals surface area (Å²) < 4.78 is 31.9. The summed E-state index contributed by atoms with van der Waals surface area (Å²) >= 11 is 1.01. The van der Waals surface area contributed by atoms with Gasteiger partial charge in [0, 0.05) is 15.5 Å². The SMILES string of the molecule is CCOC(=O)c1cc(Sc2cccc(F)c2)c(F)cc1N. The molecule has 2 aromatic carbocycles. The van der Waals surface area contributed by atoms with Gasteiger partial charge < -0.3 is 10.5 Å². The van der Waals surface area contributed by atoms with Crippen LogP contribution in [-0.4, -0.2) is 12.6 Å². The molecule has 0 aliphatic carbocycles. The van der Waals surface area contributed by atoms with Crippen molar-refractivity contribution in [1.82, 2.24) is 0 Å². The molecule has 0 amide bonds. The maximum absolute atomic E-state index is 13.9. The van der Waals surface area contributed by atoms with Gasteiger partial charge in [-0.05, 0) is 37.3 Å². The highest BCUT2D eigenvalue weighted by Crippen LogP contribution is 2.33. The number of carbonyl (C=O) groups excluding carboxylic acids is 1. The summed E-state index contributed by atoms with van der Waals surface area (Å²) in [5, 5.41) is 0. The number of rotatable bonds is 4. The van der Waals surface area contributed by atoms with Gasteiger partial charge in [0.15, 0.2) is 0 Å². The van der Waals surface area contributed by atoms with Crippen LogP contribution in [0, 0.1) is 11.6 Å². The molecular formula is C15H13F2NO2S. The third-order valence-electron chi connectivity index (χ3n) is 2.62. The maximum atomic E-state index is 13.9. The highest BCUT2D eigenvalue weighted by atomic mass is 32.2. The number of hydrogen-bond donors (Lipinski definition) is 1. The van der Waals surface area contributed by atoms with E-state index in [1.165, 1.54) is 24.3 Å². The van der Waals surface area contributed by atoms with Gasteiger partial charge in [-0.15, -0.1) is 0 Å². The zero-order valence-electron chi connectivity index (χ0n) is 11.2. The second-order valence-electron chi connectivity index (χ2n) is 4.15. The van der Waals surface area contributed by atoms with Crippen LogP contribution in [0.2, 0.25) is 0 Å². The minimum absolute atomic E-state index is 0.00884. The van der Waals surface area contributed by atoms with Crippen LogP contribution in [0.1, 0.15) is 17.3 Å². The molecule has 0 aliphatic rings. The first kappa shape index (κ1) is 15.3. The lowest BCUT2D eigenvalue weighted by Gasteiger charge is -2.09. The number of halogens is 2. The molecular weight excluding hydrogens is 296 g/mol. The monoisotopic (exact) mass is 309 g/mol. The van der Waals surface area contributed by atoms with E-state index < -0.39 is 17.6 Å². The summed E-state index contributed by atoms with van der Waals surface area (Å²) in [5.41, 5.74) is 5.73. The first-order chi connectivity index (χ1) is 10.0. The number of benzene rings is 2. The van der Waals surface area contributed by atoms with Crippen LogP contribution in [0.3, 0.4) is 0 Å². The molecule has 0 atom stereocenters. The molecule has 2 N–H and O–H groups in total. The van der Waals surface area contributed by atoms with Gasteiger partial charge in [0.05, 0.1) is 12.2 Å². The van der Waals surface area contributed by atoms with Crippen molar-refractivity contribution in [2.75, 3.05) is 12.3 Å². The van der Waals surface area contributed by atoms with Crippen LogP contribution >= 0.6 is 11.8 Å². The Bertz CT molecular complexity index is 677. The zero-order valence-corrected chi connectivity index (χ0v) is 12.0. The largest absolute Gasteiger partial charge is 0.462 e. The molecule has 21 heavy (non-hydrogen) atoms. The van der Waals surface area contributed by atoms with Crippen molar-refractivity contribution in [1.29, 1.82) is 0 Å². The molecule has 0 fully saturated rings. The summed E-state index contributed by atoms with van der Waals surface area (Å²) in [6, 6.07) is 8.14. The highest BCUT2D eigenvalue weighted by molar-refractivity contribution is 7.99. The Hall–Kier alpha value is -2.08. The molecule has 0 saturated carbocycles. The first-order valence-corrected chi connectivity index (χ1v) is 7.02. The lowest BCUT2D eigenvalue weighted by molar-refractivity contribution is 0.0527. The molecule has 3 nitrogen and oxygen atoms in total. The molecule has 0 spiro atoms. The van der Waals surface area contributed by atoms with Crippen LogP contribution < -0.4 is 5.73 Å². The third-order valence-corrected chi connectivity index (χ3v) is 3.65. The number of carbonyl (C=O) groups is 1. The lowest BCUT2D eigenvalue weighted by Crippen LogP contribution is -2.08. The number of anilines is 1. The summed E-state index contributed by atoms with van der Waals surface area (Å²) in [6.07, 6.45) is 0. The van der Waals surface area contributed by atoms with Gasteiger partial charge in [-0.2, -0.15) is 0 Å². The van der Waals surface area contributed by atoms with Crippen molar-refractivity contribution in [2.45, 2.75) is 16.7 Å². The molecule has 0 aliphatic heterocycles. The smallest absolute Gasteiger partial charge is 0.340 e.